The Morgan fingerprint density at radius 1 is 1.04 bits per heavy atom. The first kappa shape index (κ1) is 19.9. The molecule has 0 fully saturated rings. The quantitative estimate of drug-likeness (QED) is 0.739. The fourth-order valence-electron chi connectivity index (χ4n) is 2.16. The van der Waals surface area contributed by atoms with Gasteiger partial charge in [-0.05, 0) is 30.7 Å². The summed E-state index contributed by atoms with van der Waals surface area (Å²) in [6.45, 7) is 3.70. The van der Waals surface area contributed by atoms with Crippen LogP contribution in [0.25, 0.3) is 0 Å². The highest BCUT2D eigenvalue weighted by atomic mass is 16.5. The summed E-state index contributed by atoms with van der Waals surface area (Å²) in [5, 5.41) is 5.34. The smallest absolute Gasteiger partial charge is 0.258 e. The molecule has 0 spiro atoms. The largest absolute Gasteiger partial charge is 0.484 e. The third-order valence-electron chi connectivity index (χ3n) is 3.42. The van der Waals surface area contributed by atoms with Gasteiger partial charge in [-0.25, -0.2) is 0 Å². The van der Waals surface area contributed by atoms with Crippen LogP contribution in [-0.2, 0) is 9.59 Å². The number of benzene rings is 2. The number of carbonyl (C=O) groups is 2. The molecule has 0 radical (unpaired) electrons. The predicted octanol–water partition coefficient (Wildman–Crippen LogP) is 2.53. The summed E-state index contributed by atoms with van der Waals surface area (Å²) >= 11 is 0. The van der Waals surface area contributed by atoms with E-state index in [9.17, 15) is 9.59 Å². The Kier molecular flexibility index (Phi) is 7.73. The maximum Gasteiger partial charge on any atom is 0.258 e. The third kappa shape index (κ3) is 7.53. The van der Waals surface area contributed by atoms with Crippen LogP contribution in [-0.4, -0.2) is 31.6 Å². The molecule has 2 aromatic rings. The first-order chi connectivity index (χ1) is 13.0. The number of hydrogen-bond acceptors (Lipinski definition) is 4. The van der Waals surface area contributed by atoms with Crippen molar-refractivity contribution in [2.45, 2.75) is 13.8 Å². The first-order valence-corrected chi connectivity index (χ1v) is 8.46. The molecule has 0 saturated carbocycles. The Bertz CT molecular complexity index is 853. The van der Waals surface area contributed by atoms with Crippen LogP contribution in [0.15, 0.2) is 48.5 Å². The number of carbonyl (C=O) groups excluding carboxylic acids is 2. The lowest BCUT2D eigenvalue weighted by molar-refractivity contribution is -0.122. The molecule has 2 N–H and O–H groups in total. The van der Waals surface area contributed by atoms with Gasteiger partial charge >= 0.3 is 0 Å². The summed E-state index contributed by atoms with van der Waals surface area (Å²) in [5.74, 6) is 6.54. The van der Waals surface area contributed by atoms with Gasteiger partial charge in [0.15, 0.2) is 6.61 Å². The number of ether oxygens (including phenoxy) is 2. The lowest BCUT2D eigenvalue weighted by Crippen LogP contribution is -2.29. The van der Waals surface area contributed by atoms with Gasteiger partial charge in [-0.2, -0.15) is 0 Å². The van der Waals surface area contributed by atoms with Crippen LogP contribution < -0.4 is 20.1 Å². The summed E-state index contributed by atoms with van der Waals surface area (Å²) in [5.41, 5.74) is 1.64. The van der Waals surface area contributed by atoms with Crippen LogP contribution in [0, 0.1) is 18.8 Å². The fourth-order valence-corrected chi connectivity index (χ4v) is 2.16. The maximum atomic E-state index is 11.7. The van der Waals surface area contributed by atoms with Crippen molar-refractivity contribution in [3.8, 4) is 23.3 Å². The van der Waals surface area contributed by atoms with E-state index in [1.807, 2.05) is 31.2 Å². The van der Waals surface area contributed by atoms with Gasteiger partial charge in [0.2, 0.25) is 5.91 Å². The van der Waals surface area contributed by atoms with Crippen molar-refractivity contribution in [2.24, 2.45) is 0 Å². The lowest BCUT2D eigenvalue weighted by atomic mass is 10.2. The molecule has 6 nitrogen and oxygen atoms in total. The Hall–Kier alpha value is -3.46. The van der Waals surface area contributed by atoms with Crippen molar-refractivity contribution in [2.75, 3.05) is 25.1 Å². The highest BCUT2D eigenvalue weighted by Crippen LogP contribution is 2.17. The fraction of sp³-hybridized carbons (Fsp3) is 0.238. The van der Waals surface area contributed by atoms with E-state index in [2.05, 4.69) is 22.5 Å². The first-order valence-electron chi connectivity index (χ1n) is 8.46. The molecule has 0 saturated heterocycles. The van der Waals surface area contributed by atoms with Crippen molar-refractivity contribution in [1.82, 2.24) is 5.32 Å². The molecular formula is C21H22N2O4. The van der Waals surface area contributed by atoms with Gasteiger partial charge in [0.25, 0.3) is 5.91 Å². The zero-order chi connectivity index (χ0) is 19.5. The van der Waals surface area contributed by atoms with E-state index in [0.717, 1.165) is 5.56 Å². The molecule has 0 aliphatic heterocycles. The minimum Gasteiger partial charge on any atom is -0.484 e. The summed E-state index contributed by atoms with van der Waals surface area (Å²) in [7, 11) is 0. The summed E-state index contributed by atoms with van der Waals surface area (Å²) < 4.78 is 10.9. The highest BCUT2D eigenvalue weighted by molar-refractivity contribution is 5.88. The second-order valence-electron chi connectivity index (χ2n) is 5.68. The number of nitrogens with one attached hydrogen (secondary N) is 2. The van der Waals surface area contributed by atoms with Crippen LogP contribution in [0.5, 0.6) is 11.5 Å². The van der Waals surface area contributed by atoms with Gasteiger partial charge in [0, 0.05) is 18.7 Å². The topological polar surface area (TPSA) is 76.7 Å². The summed E-state index contributed by atoms with van der Waals surface area (Å²) in [6.07, 6.45) is 0. The second-order valence-corrected chi connectivity index (χ2v) is 5.68. The van der Waals surface area contributed by atoms with Crippen LogP contribution in [0.4, 0.5) is 5.69 Å². The number of aryl methyl sites for hydroxylation is 1. The number of amides is 2. The van der Waals surface area contributed by atoms with Gasteiger partial charge in [-0.1, -0.05) is 36.1 Å². The number of anilines is 1. The molecule has 0 aromatic heterocycles. The van der Waals surface area contributed by atoms with Gasteiger partial charge < -0.3 is 20.1 Å². The maximum absolute atomic E-state index is 11.7. The third-order valence-corrected chi connectivity index (χ3v) is 3.42. The molecule has 0 heterocycles. The molecule has 2 aromatic carbocycles. The van der Waals surface area contributed by atoms with Crippen LogP contribution in [0.1, 0.15) is 12.5 Å². The molecule has 0 aliphatic carbocycles. The minimum atomic E-state index is -0.239. The van der Waals surface area contributed by atoms with E-state index >= 15 is 0 Å². The van der Waals surface area contributed by atoms with Gasteiger partial charge in [-0.15, -0.1) is 0 Å². The van der Waals surface area contributed by atoms with Crippen molar-refractivity contribution < 1.29 is 19.1 Å². The molecule has 2 amide bonds. The summed E-state index contributed by atoms with van der Waals surface area (Å²) in [4.78, 5) is 22.8. The normalized spacial score (nSPS) is 9.56. The molecule has 0 atom stereocenters. The molecule has 6 heteroatoms. The summed E-state index contributed by atoms with van der Waals surface area (Å²) in [6, 6.07) is 14.6. The Morgan fingerprint density at radius 3 is 2.63 bits per heavy atom. The molecule has 0 unspecified atom stereocenters. The lowest BCUT2D eigenvalue weighted by Gasteiger charge is -2.08. The standard InChI is InChI=1S/C21H22N2O4/c1-16-8-3-4-11-20(16)27-15-21(25)22-12-5-6-13-26-19-10-7-9-18(14-19)23-17(2)24/h3-4,7-11,14H,12-13,15H2,1-2H3,(H,22,25)(H,23,24). The van der Waals surface area contributed by atoms with E-state index in [1.54, 1.807) is 24.3 Å². The second kappa shape index (κ2) is 10.5. The SMILES string of the molecule is CC(=O)Nc1cccc(OCC#CCNC(=O)COc2ccccc2C)c1. The number of para-hydroxylation sites is 1. The van der Waals surface area contributed by atoms with E-state index in [0.29, 0.717) is 17.2 Å². The average Bonchev–Trinajstić information content (AvgIpc) is 2.63. The van der Waals surface area contributed by atoms with Crippen LogP contribution in [0.2, 0.25) is 0 Å². The van der Waals surface area contributed by atoms with Gasteiger partial charge in [0.05, 0.1) is 6.54 Å². The van der Waals surface area contributed by atoms with E-state index < -0.39 is 0 Å². The Balaban J connectivity index is 1.66. The zero-order valence-corrected chi connectivity index (χ0v) is 15.4. The van der Waals surface area contributed by atoms with E-state index in [-0.39, 0.29) is 31.6 Å². The molecule has 0 bridgehead atoms. The van der Waals surface area contributed by atoms with Crippen molar-refractivity contribution in [3.05, 3.63) is 54.1 Å². The number of hydrogen-bond donors (Lipinski definition) is 2. The zero-order valence-electron chi connectivity index (χ0n) is 15.4. The molecule has 2 rings (SSSR count). The monoisotopic (exact) mass is 366 g/mol. The van der Waals surface area contributed by atoms with E-state index in [4.69, 9.17) is 9.47 Å². The van der Waals surface area contributed by atoms with Gasteiger partial charge in [0.1, 0.15) is 18.1 Å². The van der Waals surface area contributed by atoms with Crippen molar-refractivity contribution in [1.29, 1.82) is 0 Å². The predicted molar refractivity (Wildman–Crippen MR) is 104 cm³/mol. The molecular weight excluding hydrogens is 344 g/mol. The van der Waals surface area contributed by atoms with E-state index in [1.165, 1.54) is 6.92 Å². The van der Waals surface area contributed by atoms with Crippen molar-refractivity contribution in [3.63, 3.8) is 0 Å². The minimum absolute atomic E-state index is 0.0566. The Labute approximate surface area is 158 Å². The van der Waals surface area contributed by atoms with Crippen molar-refractivity contribution >= 4 is 17.5 Å². The van der Waals surface area contributed by atoms with Gasteiger partial charge in [-0.3, -0.25) is 9.59 Å². The average molecular weight is 366 g/mol. The van der Waals surface area contributed by atoms with Crippen LogP contribution in [0.3, 0.4) is 0 Å². The Morgan fingerprint density at radius 2 is 1.85 bits per heavy atom. The number of rotatable bonds is 7. The molecule has 27 heavy (non-hydrogen) atoms. The van der Waals surface area contributed by atoms with Crippen LogP contribution >= 0.6 is 0 Å². The molecule has 140 valence electrons. The highest BCUT2D eigenvalue weighted by Gasteiger charge is 2.03. The molecule has 0 aliphatic rings.